The fourth-order valence-corrected chi connectivity index (χ4v) is 5.23. The van der Waals surface area contributed by atoms with E-state index in [-0.39, 0.29) is 14.4 Å². The van der Waals surface area contributed by atoms with Gasteiger partial charge in [-0.15, -0.1) is 0 Å². The second-order valence-corrected chi connectivity index (χ2v) is 7.86. The Bertz CT molecular complexity index is 781. The molecule has 0 bridgehead atoms. The Morgan fingerprint density at radius 1 is 0.857 bits per heavy atom. The van der Waals surface area contributed by atoms with E-state index in [2.05, 4.69) is 0 Å². The van der Waals surface area contributed by atoms with Gasteiger partial charge in [-0.25, -0.2) is 0 Å². The first-order valence-electron chi connectivity index (χ1n) is 6.63. The lowest BCUT2D eigenvalue weighted by molar-refractivity contribution is 0.483. The molecule has 0 saturated carbocycles. The predicted octanol–water partition coefficient (Wildman–Crippen LogP) is 1.82. The van der Waals surface area contributed by atoms with Crippen molar-refractivity contribution in [2.75, 3.05) is 0 Å². The highest BCUT2D eigenvalue weighted by Gasteiger charge is 2.24. The molecule has 0 aromatic heterocycles. The maximum absolute atomic E-state index is 11.8. The Balaban J connectivity index is 2.75. The molecule has 0 atom stereocenters. The molecule has 0 fully saturated rings. The molecule has 0 saturated heterocycles. The predicted molar refractivity (Wildman–Crippen MR) is 86.7 cm³/mol. The second-order valence-electron chi connectivity index (χ2n) is 5.17. The third-order valence-electron chi connectivity index (χ3n) is 3.93. The summed E-state index contributed by atoms with van der Waals surface area (Å²) in [5.41, 5.74) is 3.58. The number of benzene rings is 2. The molecule has 2 aromatic carbocycles. The molecule has 0 spiro atoms. The Morgan fingerprint density at radius 2 is 1.38 bits per heavy atom. The monoisotopic (exact) mass is 318 g/mol. The summed E-state index contributed by atoms with van der Waals surface area (Å²) in [4.78, 5) is 0.0743. The van der Waals surface area contributed by atoms with Gasteiger partial charge in [0, 0.05) is 0 Å². The van der Waals surface area contributed by atoms with Crippen molar-refractivity contribution < 1.29 is 13.0 Å². The summed E-state index contributed by atoms with van der Waals surface area (Å²) in [6, 6.07) is 9.72. The van der Waals surface area contributed by atoms with Gasteiger partial charge < -0.3 is 0 Å². The third-order valence-corrected chi connectivity index (χ3v) is 6.64. The molecule has 0 unspecified atom stereocenters. The van der Waals surface area contributed by atoms with E-state index in [0.717, 1.165) is 21.9 Å². The zero-order chi connectivity index (χ0) is 15.8. The van der Waals surface area contributed by atoms with Crippen LogP contribution in [0.4, 0.5) is 0 Å². The van der Waals surface area contributed by atoms with Crippen molar-refractivity contribution in [3.05, 3.63) is 52.6 Å². The van der Waals surface area contributed by atoms with Gasteiger partial charge in [0.2, 0.25) is 0 Å². The second kappa shape index (κ2) is 5.75. The summed E-state index contributed by atoms with van der Waals surface area (Å²) < 4.78 is 33.3. The van der Waals surface area contributed by atoms with Gasteiger partial charge in [-0.3, -0.25) is 4.55 Å². The fourth-order valence-electron chi connectivity index (χ4n) is 2.42. The first-order chi connectivity index (χ1) is 9.73. The van der Waals surface area contributed by atoms with Crippen LogP contribution in [0.5, 0.6) is 0 Å². The summed E-state index contributed by atoms with van der Waals surface area (Å²) in [7, 11) is -4.04. The highest BCUT2D eigenvalue weighted by atomic mass is 32.2. The molecule has 0 aliphatic rings. The molecule has 2 rings (SSSR count). The van der Waals surface area contributed by atoms with Gasteiger partial charge in [0.05, 0.1) is 4.90 Å². The minimum absolute atomic E-state index is 0.0743. The lowest BCUT2D eigenvalue weighted by atomic mass is 9.99. The maximum Gasteiger partial charge on any atom is 0.294 e. The van der Waals surface area contributed by atoms with E-state index >= 15 is 0 Å². The normalized spacial score (nSPS) is 11.7. The quantitative estimate of drug-likeness (QED) is 0.694. The van der Waals surface area contributed by atoms with Gasteiger partial charge in [-0.05, 0) is 55.1 Å². The van der Waals surface area contributed by atoms with E-state index in [1.807, 2.05) is 51.1 Å². The molecule has 0 aliphatic heterocycles. The van der Waals surface area contributed by atoms with Crippen molar-refractivity contribution in [1.29, 1.82) is 0 Å². The van der Waals surface area contributed by atoms with Gasteiger partial charge in [0.1, 0.15) is 9.52 Å². The van der Waals surface area contributed by atoms with Crippen LogP contribution in [-0.4, -0.2) is 22.5 Å². The smallest absolute Gasteiger partial charge is 0.282 e. The van der Waals surface area contributed by atoms with E-state index in [0.29, 0.717) is 10.8 Å². The largest absolute Gasteiger partial charge is 0.294 e. The van der Waals surface area contributed by atoms with Crippen LogP contribution in [0.1, 0.15) is 22.3 Å². The number of rotatable bonds is 3. The molecular weight excluding hydrogens is 300 g/mol. The molecule has 110 valence electrons. The van der Waals surface area contributed by atoms with Crippen LogP contribution in [0.25, 0.3) is 0 Å². The standard InChI is InChI=1S/C16H18O3SSi/c1-10-11(2)13(4)16(15(12(10)3)20(17,18)19)21-14-8-6-5-7-9-14/h5-9H,1-4H3,(H,17,18,19). The molecular formula is C16H18O3SSi. The molecule has 2 radical (unpaired) electrons. The molecule has 0 aliphatic carbocycles. The molecule has 0 amide bonds. The molecule has 3 nitrogen and oxygen atoms in total. The van der Waals surface area contributed by atoms with Crippen LogP contribution in [0, 0.1) is 27.7 Å². The lowest BCUT2D eigenvalue weighted by Gasteiger charge is -2.18. The van der Waals surface area contributed by atoms with Crippen LogP contribution in [0.15, 0.2) is 35.2 Å². The Morgan fingerprint density at radius 3 is 1.90 bits per heavy atom. The Kier molecular flexibility index (Phi) is 4.37. The summed E-state index contributed by atoms with van der Waals surface area (Å²) in [5, 5.41) is 1.76. The maximum atomic E-state index is 11.8. The lowest BCUT2D eigenvalue weighted by Crippen LogP contribution is -2.35. The minimum atomic E-state index is -4.24. The SMILES string of the molecule is Cc1c(C)c(C)c(S(=O)(=O)O)c([Si]c2ccccc2)c1C. The summed E-state index contributed by atoms with van der Waals surface area (Å²) >= 11 is 0. The van der Waals surface area contributed by atoms with Crippen LogP contribution in [0.2, 0.25) is 0 Å². The van der Waals surface area contributed by atoms with E-state index < -0.39 is 10.1 Å². The first kappa shape index (κ1) is 15.9. The molecule has 2 aromatic rings. The average Bonchev–Trinajstić information content (AvgIpc) is 2.42. The number of hydrogen-bond donors (Lipinski definition) is 1. The van der Waals surface area contributed by atoms with Crippen LogP contribution in [-0.2, 0) is 10.1 Å². The third kappa shape index (κ3) is 3.10. The van der Waals surface area contributed by atoms with Gasteiger partial charge in [0.25, 0.3) is 10.1 Å². The number of hydrogen-bond acceptors (Lipinski definition) is 2. The van der Waals surface area contributed by atoms with Crippen molar-refractivity contribution in [2.24, 2.45) is 0 Å². The van der Waals surface area contributed by atoms with E-state index in [4.69, 9.17) is 0 Å². The van der Waals surface area contributed by atoms with Gasteiger partial charge >= 0.3 is 0 Å². The van der Waals surface area contributed by atoms with Crippen LogP contribution >= 0.6 is 0 Å². The van der Waals surface area contributed by atoms with E-state index in [9.17, 15) is 13.0 Å². The zero-order valence-corrected chi connectivity index (χ0v) is 14.4. The minimum Gasteiger partial charge on any atom is -0.282 e. The van der Waals surface area contributed by atoms with Crippen molar-refractivity contribution in [3.63, 3.8) is 0 Å². The van der Waals surface area contributed by atoms with Gasteiger partial charge in [-0.1, -0.05) is 35.5 Å². The fraction of sp³-hybridized carbons (Fsp3) is 0.250. The molecule has 0 heterocycles. The summed E-state index contributed by atoms with van der Waals surface area (Å²) in [6.07, 6.45) is 0. The van der Waals surface area contributed by atoms with Gasteiger partial charge in [-0.2, -0.15) is 8.42 Å². The topological polar surface area (TPSA) is 54.4 Å². The van der Waals surface area contributed by atoms with E-state index in [1.165, 1.54) is 0 Å². The Labute approximate surface area is 128 Å². The van der Waals surface area contributed by atoms with Crippen LogP contribution < -0.4 is 10.4 Å². The highest BCUT2D eigenvalue weighted by Crippen LogP contribution is 2.22. The first-order valence-corrected chi connectivity index (χ1v) is 9.07. The summed E-state index contributed by atoms with van der Waals surface area (Å²) in [5.74, 6) is 0. The van der Waals surface area contributed by atoms with Crippen LogP contribution in [0.3, 0.4) is 0 Å². The Hall–Kier alpha value is -1.43. The average molecular weight is 318 g/mol. The van der Waals surface area contributed by atoms with Crippen molar-refractivity contribution in [2.45, 2.75) is 32.6 Å². The van der Waals surface area contributed by atoms with Crippen molar-refractivity contribution in [1.82, 2.24) is 0 Å². The molecule has 5 heteroatoms. The highest BCUT2D eigenvalue weighted by molar-refractivity contribution is 7.86. The zero-order valence-electron chi connectivity index (χ0n) is 12.6. The van der Waals surface area contributed by atoms with Crippen molar-refractivity contribution >= 4 is 30.0 Å². The summed E-state index contributed by atoms with van der Waals surface area (Å²) in [6.45, 7) is 7.55. The van der Waals surface area contributed by atoms with Crippen molar-refractivity contribution in [3.8, 4) is 0 Å². The van der Waals surface area contributed by atoms with Gasteiger partial charge in [0.15, 0.2) is 0 Å². The molecule has 21 heavy (non-hydrogen) atoms. The van der Waals surface area contributed by atoms with E-state index in [1.54, 1.807) is 6.92 Å². The molecule has 1 N–H and O–H groups in total.